The monoisotopic (exact) mass is 298 g/mol. The van der Waals surface area contributed by atoms with Crippen molar-refractivity contribution in [3.8, 4) is 0 Å². The van der Waals surface area contributed by atoms with Crippen LogP contribution in [0.2, 0.25) is 0 Å². The number of carboxylic acid groups (broad SMARTS) is 1. The average molecular weight is 298 g/mol. The maximum Gasteiger partial charge on any atom is 0.307 e. The Hall–Kier alpha value is -2.82. The summed E-state index contributed by atoms with van der Waals surface area (Å²) in [5.41, 5.74) is 3.12. The van der Waals surface area contributed by atoms with E-state index in [-0.39, 0.29) is 12.3 Å². The average Bonchev–Trinajstić information content (AvgIpc) is 2.47. The highest BCUT2D eigenvalue weighted by molar-refractivity contribution is 5.92. The summed E-state index contributed by atoms with van der Waals surface area (Å²) in [5.74, 6) is -1.06. The van der Waals surface area contributed by atoms with Crippen LogP contribution in [0.15, 0.2) is 48.5 Å². The molecule has 1 amide bonds. The highest BCUT2D eigenvalue weighted by Gasteiger charge is 2.08. The van der Waals surface area contributed by atoms with Gasteiger partial charge in [-0.3, -0.25) is 9.59 Å². The first-order valence-electron chi connectivity index (χ1n) is 6.94. The molecular formula is C17H18N2O3. The molecule has 0 radical (unpaired) electrons. The summed E-state index contributed by atoms with van der Waals surface area (Å²) >= 11 is 0. The molecule has 2 aromatic carbocycles. The van der Waals surface area contributed by atoms with E-state index < -0.39 is 5.97 Å². The molecule has 0 unspecified atom stereocenters. The molecule has 3 N–H and O–H groups in total. The van der Waals surface area contributed by atoms with Crippen LogP contribution in [0.25, 0.3) is 0 Å². The van der Waals surface area contributed by atoms with Gasteiger partial charge in [-0.05, 0) is 23.3 Å². The number of carboxylic acids is 1. The Balaban J connectivity index is 2.20. The minimum Gasteiger partial charge on any atom is -0.481 e. The summed E-state index contributed by atoms with van der Waals surface area (Å²) in [6.45, 7) is 2.02. The van der Waals surface area contributed by atoms with Crippen LogP contribution in [0.1, 0.15) is 18.1 Å². The van der Waals surface area contributed by atoms with E-state index in [1.165, 1.54) is 6.92 Å². The standard InChI is InChI=1S/C17H18N2O3/c1-12(20)19-15-8-7-14(10-17(21)22)9-16(15)18-11-13-5-3-2-4-6-13/h2-9,18H,10-11H2,1H3,(H,19,20)(H,21,22). The maximum absolute atomic E-state index is 11.3. The lowest BCUT2D eigenvalue weighted by atomic mass is 10.1. The molecule has 0 aliphatic carbocycles. The number of rotatable bonds is 6. The van der Waals surface area contributed by atoms with Crippen LogP contribution in [0.3, 0.4) is 0 Å². The minimum atomic E-state index is -0.888. The summed E-state index contributed by atoms with van der Waals surface area (Å²) in [5, 5.41) is 14.9. The molecule has 5 nitrogen and oxygen atoms in total. The first kappa shape index (κ1) is 15.6. The SMILES string of the molecule is CC(=O)Nc1ccc(CC(=O)O)cc1NCc1ccccc1. The molecule has 0 saturated carbocycles. The third-order valence-electron chi connectivity index (χ3n) is 3.08. The number of hydrogen-bond donors (Lipinski definition) is 3. The second-order valence-corrected chi connectivity index (χ2v) is 4.97. The van der Waals surface area contributed by atoms with Crippen LogP contribution < -0.4 is 10.6 Å². The molecule has 0 atom stereocenters. The van der Waals surface area contributed by atoms with Crippen LogP contribution in [0.5, 0.6) is 0 Å². The van der Waals surface area contributed by atoms with Gasteiger partial charge in [0, 0.05) is 13.5 Å². The molecule has 2 rings (SSSR count). The van der Waals surface area contributed by atoms with Crippen molar-refractivity contribution in [3.63, 3.8) is 0 Å². The maximum atomic E-state index is 11.3. The Kier molecular flexibility index (Phi) is 5.14. The van der Waals surface area contributed by atoms with Crippen LogP contribution in [-0.2, 0) is 22.6 Å². The molecule has 5 heteroatoms. The lowest BCUT2D eigenvalue weighted by Crippen LogP contribution is -2.10. The first-order valence-corrected chi connectivity index (χ1v) is 6.94. The van der Waals surface area contributed by atoms with Gasteiger partial charge in [0.1, 0.15) is 0 Å². The topological polar surface area (TPSA) is 78.4 Å². The van der Waals surface area contributed by atoms with Crippen LogP contribution in [-0.4, -0.2) is 17.0 Å². The molecule has 0 aromatic heterocycles. The summed E-state index contributed by atoms with van der Waals surface area (Å²) < 4.78 is 0. The molecule has 0 fully saturated rings. The van der Waals surface area contributed by atoms with E-state index in [1.807, 2.05) is 30.3 Å². The summed E-state index contributed by atoms with van der Waals surface area (Å²) in [6, 6.07) is 15.0. The lowest BCUT2D eigenvalue weighted by Gasteiger charge is -2.14. The number of benzene rings is 2. The van der Waals surface area contributed by atoms with Gasteiger partial charge >= 0.3 is 5.97 Å². The van der Waals surface area contributed by atoms with Gasteiger partial charge in [-0.1, -0.05) is 36.4 Å². The third kappa shape index (κ3) is 4.63. The van der Waals surface area contributed by atoms with Crippen LogP contribution >= 0.6 is 0 Å². The highest BCUT2D eigenvalue weighted by atomic mass is 16.4. The summed E-state index contributed by atoms with van der Waals surface area (Å²) in [7, 11) is 0. The largest absolute Gasteiger partial charge is 0.481 e. The number of aliphatic carboxylic acids is 1. The van der Waals surface area contributed by atoms with E-state index in [9.17, 15) is 9.59 Å². The second-order valence-electron chi connectivity index (χ2n) is 4.97. The van der Waals surface area contributed by atoms with Gasteiger partial charge in [0.2, 0.25) is 5.91 Å². The number of carbonyl (C=O) groups excluding carboxylic acids is 1. The predicted octanol–water partition coefficient (Wildman–Crippen LogP) is 2.88. The van der Waals surface area contributed by atoms with Crippen molar-refractivity contribution >= 4 is 23.3 Å². The Morgan fingerprint density at radius 2 is 1.73 bits per heavy atom. The van der Waals surface area contributed by atoms with Crippen molar-refractivity contribution in [3.05, 3.63) is 59.7 Å². The Bertz CT molecular complexity index is 669. The van der Waals surface area contributed by atoms with Crippen molar-refractivity contribution in [2.45, 2.75) is 19.9 Å². The van der Waals surface area contributed by atoms with Gasteiger partial charge < -0.3 is 15.7 Å². The number of hydrogen-bond acceptors (Lipinski definition) is 3. The quantitative estimate of drug-likeness (QED) is 0.766. The van der Waals surface area contributed by atoms with Gasteiger partial charge in [-0.25, -0.2) is 0 Å². The fraction of sp³-hybridized carbons (Fsp3) is 0.176. The van der Waals surface area contributed by atoms with E-state index in [0.29, 0.717) is 23.5 Å². The Labute approximate surface area is 129 Å². The number of carbonyl (C=O) groups is 2. The summed E-state index contributed by atoms with van der Waals surface area (Å²) in [4.78, 5) is 22.1. The molecule has 0 heterocycles. The minimum absolute atomic E-state index is 0.0552. The van der Waals surface area contributed by atoms with Gasteiger partial charge in [0.15, 0.2) is 0 Å². The van der Waals surface area contributed by atoms with Crippen molar-refractivity contribution in [2.24, 2.45) is 0 Å². The van der Waals surface area contributed by atoms with Gasteiger partial charge in [0.05, 0.1) is 17.8 Å². The zero-order chi connectivity index (χ0) is 15.9. The molecule has 0 spiro atoms. The molecule has 0 aliphatic rings. The Morgan fingerprint density at radius 3 is 2.36 bits per heavy atom. The van der Waals surface area contributed by atoms with E-state index in [4.69, 9.17) is 5.11 Å². The fourth-order valence-corrected chi connectivity index (χ4v) is 2.11. The van der Waals surface area contributed by atoms with E-state index in [2.05, 4.69) is 10.6 Å². The van der Waals surface area contributed by atoms with Gasteiger partial charge in [-0.2, -0.15) is 0 Å². The van der Waals surface area contributed by atoms with Gasteiger partial charge in [-0.15, -0.1) is 0 Å². The lowest BCUT2D eigenvalue weighted by molar-refractivity contribution is -0.136. The number of nitrogens with one attached hydrogen (secondary N) is 2. The normalized spacial score (nSPS) is 10.0. The molecule has 114 valence electrons. The van der Waals surface area contributed by atoms with Crippen LogP contribution in [0, 0.1) is 0 Å². The number of amides is 1. The van der Waals surface area contributed by atoms with E-state index >= 15 is 0 Å². The van der Waals surface area contributed by atoms with Crippen molar-refractivity contribution in [1.82, 2.24) is 0 Å². The van der Waals surface area contributed by atoms with Crippen LogP contribution in [0.4, 0.5) is 11.4 Å². The van der Waals surface area contributed by atoms with Crippen molar-refractivity contribution in [1.29, 1.82) is 0 Å². The fourth-order valence-electron chi connectivity index (χ4n) is 2.11. The molecule has 22 heavy (non-hydrogen) atoms. The van der Waals surface area contributed by atoms with Gasteiger partial charge in [0.25, 0.3) is 0 Å². The molecule has 0 aliphatic heterocycles. The molecule has 0 saturated heterocycles. The first-order chi connectivity index (χ1) is 10.5. The molecule has 0 bridgehead atoms. The predicted molar refractivity (Wildman–Crippen MR) is 85.9 cm³/mol. The Morgan fingerprint density at radius 1 is 1.00 bits per heavy atom. The van der Waals surface area contributed by atoms with Crippen molar-refractivity contribution < 1.29 is 14.7 Å². The molecule has 2 aromatic rings. The molecular weight excluding hydrogens is 280 g/mol. The van der Waals surface area contributed by atoms with E-state index in [1.54, 1.807) is 18.2 Å². The second kappa shape index (κ2) is 7.26. The summed E-state index contributed by atoms with van der Waals surface area (Å²) in [6.07, 6.45) is -0.0552. The van der Waals surface area contributed by atoms with Crippen molar-refractivity contribution in [2.75, 3.05) is 10.6 Å². The smallest absolute Gasteiger partial charge is 0.307 e. The van der Waals surface area contributed by atoms with E-state index in [0.717, 1.165) is 5.56 Å². The third-order valence-corrected chi connectivity index (χ3v) is 3.08. The highest BCUT2D eigenvalue weighted by Crippen LogP contribution is 2.24. The zero-order valence-corrected chi connectivity index (χ0v) is 12.3. The zero-order valence-electron chi connectivity index (χ0n) is 12.3. The number of anilines is 2.